The molecule has 0 saturated heterocycles. The highest BCUT2D eigenvalue weighted by molar-refractivity contribution is 6.34. The molecule has 0 unspecified atom stereocenters. The highest BCUT2D eigenvalue weighted by Crippen LogP contribution is 2.34. The van der Waals surface area contributed by atoms with Crippen molar-refractivity contribution in [3.05, 3.63) is 56.4 Å². The molecule has 0 bridgehead atoms. The van der Waals surface area contributed by atoms with Gasteiger partial charge in [-0.3, -0.25) is 0 Å². The van der Waals surface area contributed by atoms with Crippen molar-refractivity contribution in [2.45, 2.75) is 0 Å². The van der Waals surface area contributed by atoms with Crippen LogP contribution in [0.25, 0.3) is 21.1 Å². The van der Waals surface area contributed by atoms with Gasteiger partial charge in [0, 0.05) is 12.1 Å². The van der Waals surface area contributed by atoms with Crippen molar-refractivity contribution in [3.8, 4) is 11.1 Å². The maximum Gasteiger partial charge on any atom is 0.403 e. The largest absolute Gasteiger partial charge is 0.403 e. The lowest BCUT2D eigenvalue weighted by Gasteiger charge is -2.00. The number of rotatable bonds is 1. The summed E-state index contributed by atoms with van der Waals surface area (Å²) in [5.74, 6) is 0. The topological polar surface area (TPSA) is 56.3 Å². The normalized spacial score (nSPS) is 9.56. The quantitative estimate of drug-likeness (QED) is 0.634. The molecule has 6 heteroatoms. The van der Waals surface area contributed by atoms with Crippen LogP contribution in [0.5, 0.6) is 0 Å². The Kier molecular flexibility index (Phi) is 3.43. The van der Waals surface area contributed by atoms with Crippen LogP contribution in [0.3, 0.4) is 0 Å². The molecule has 0 aliphatic heterocycles. The van der Waals surface area contributed by atoms with E-state index in [2.05, 4.69) is 9.95 Å². The number of hydrogen-bond acceptors (Lipinski definition) is 2. The summed E-state index contributed by atoms with van der Waals surface area (Å²) in [4.78, 5) is 6.09. The summed E-state index contributed by atoms with van der Waals surface area (Å²) in [5, 5.41) is 18.0. The molecular formula is C12H6Cl2N4+2. The molecule has 0 aromatic heterocycles. The Morgan fingerprint density at radius 3 is 1.39 bits per heavy atom. The van der Waals surface area contributed by atoms with Gasteiger partial charge in [0.25, 0.3) is 0 Å². The van der Waals surface area contributed by atoms with Crippen molar-refractivity contribution < 1.29 is 0 Å². The summed E-state index contributed by atoms with van der Waals surface area (Å²) < 4.78 is 0. The van der Waals surface area contributed by atoms with Crippen LogP contribution in [0, 0.1) is 10.8 Å². The molecule has 0 aliphatic carbocycles. The van der Waals surface area contributed by atoms with Gasteiger partial charge in [-0.15, -0.1) is 0 Å². The van der Waals surface area contributed by atoms with E-state index in [1.54, 1.807) is 36.4 Å². The predicted molar refractivity (Wildman–Crippen MR) is 71.4 cm³/mol. The van der Waals surface area contributed by atoms with Gasteiger partial charge in [0.15, 0.2) is 9.95 Å². The molecule has 0 aliphatic rings. The molecule has 2 aromatic carbocycles. The molecule has 2 aromatic rings. The Morgan fingerprint density at radius 1 is 0.722 bits per heavy atom. The van der Waals surface area contributed by atoms with E-state index in [1.807, 2.05) is 0 Å². The lowest BCUT2D eigenvalue weighted by atomic mass is 10.1. The highest BCUT2D eigenvalue weighted by atomic mass is 35.5. The third kappa shape index (κ3) is 2.26. The van der Waals surface area contributed by atoms with Gasteiger partial charge < -0.3 is 0 Å². The second kappa shape index (κ2) is 5.01. The van der Waals surface area contributed by atoms with Gasteiger partial charge in [-0.05, 0) is 35.4 Å². The van der Waals surface area contributed by atoms with Gasteiger partial charge in [0.05, 0.1) is 0 Å². The summed E-state index contributed by atoms with van der Waals surface area (Å²) in [6.07, 6.45) is 0. The van der Waals surface area contributed by atoms with Crippen LogP contribution in [-0.4, -0.2) is 0 Å². The Bertz CT molecular complexity index is 637. The monoisotopic (exact) mass is 276 g/mol. The lowest BCUT2D eigenvalue weighted by Crippen LogP contribution is -1.78. The average molecular weight is 277 g/mol. The van der Waals surface area contributed by atoms with Gasteiger partial charge in [0.2, 0.25) is 10.8 Å². The number of halogens is 2. The van der Waals surface area contributed by atoms with E-state index in [0.717, 1.165) is 11.1 Å². The van der Waals surface area contributed by atoms with Crippen LogP contribution in [-0.2, 0) is 0 Å². The first-order chi connectivity index (χ1) is 8.65. The minimum Gasteiger partial charge on any atom is -0.0755 e. The highest BCUT2D eigenvalue weighted by Gasteiger charge is 2.15. The van der Waals surface area contributed by atoms with Crippen LogP contribution in [0.2, 0.25) is 10.0 Å². The molecule has 0 fully saturated rings. The zero-order chi connectivity index (χ0) is 13.1. The molecule has 0 radical (unpaired) electrons. The van der Waals surface area contributed by atoms with Crippen molar-refractivity contribution in [3.63, 3.8) is 0 Å². The van der Waals surface area contributed by atoms with E-state index in [4.69, 9.17) is 34.0 Å². The zero-order valence-corrected chi connectivity index (χ0v) is 10.5. The molecule has 0 saturated carbocycles. The minimum absolute atomic E-state index is 0.300. The fraction of sp³-hybridized carbons (Fsp3) is 0. The van der Waals surface area contributed by atoms with Crippen LogP contribution in [0.4, 0.5) is 11.4 Å². The lowest BCUT2D eigenvalue weighted by molar-refractivity contribution is 1.46. The van der Waals surface area contributed by atoms with Crippen LogP contribution in [0.15, 0.2) is 36.4 Å². The fourth-order valence-corrected chi connectivity index (χ4v) is 1.97. The second-order valence-electron chi connectivity index (χ2n) is 3.53. The number of benzene rings is 2. The van der Waals surface area contributed by atoms with Gasteiger partial charge in [-0.25, -0.2) is 0 Å². The average Bonchev–Trinajstić information content (AvgIpc) is 2.38. The molecule has 0 amide bonds. The van der Waals surface area contributed by atoms with E-state index in [9.17, 15) is 0 Å². The SMILES string of the molecule is N#[N+]c1ccc(-c2ccc([N+]#N)c(Cl)c2)cc1Cl. The van der Waals surface area contributed by atoms with Crippen molar-refractivity contribution in [1.29, 1.82) is 10.8 Å². The van der Waals surface area contributed by atoms with Crippen LogP contribution < -0.4 is 0 Å². The van der Waals surface area contributed by atoms with Gasteiger partial charge >= 0.3 is 11.4 Å². The summed E-state index contributed by atoms with van der Waals surface area (Å²) in [6, 6.07) is 10.0. The zero-order valence-electron chi connectivity index (χ0n) is 9.01. The molecule has 4 nitrogen and oxygen atoms in total. The summed E-state index contributed by atoms with van der Waals surface area (Å²) in [7, 11) is 0. The smallest absolute Gasteiger partial charge is 0.0755 e. The van der Waals surface area contributed by atoms with Crippen LogP contribution in [0.1, 0.15) is 0 Å². The molecule has 86 valence electrons. The van der Waals surface area contributed by atoms with Crippen molar-refractivity contribution >= 4 is 34.6 Å². The predicted octanol–water partition coefficient (Wildman–Crippen LogP) is 5.63. The van der Waals surface area contributed by atoms with E-state index in [1.165, 1.54) is 0 Å². The second-order valence-corrected chi connectivity index (χ2v) is 4.35. The fourth-order valence-electron chi connectivity index (χ4n) is 1.54. The Hall–Kier alpha value is -2.14. The number of nitrogens with zero attached hydrogens (tertiary/aromatic N) is 4. The van der Waals surface area contributed by atoms with E-state index < -0.39 is 0 Å². The molecule has 18 heavy (non-hydrogen) atoms. The first-order valence-electron chi connectivity index (χ1n) is 4.95. The standard InChI is InChI=1S/C12H6Cl2N4/c13-9-5-7(1-3-11(9)17-15)8-2-4-12(18-16)10(14)6-8/h1-6H/q+2. The maximum absolute atomic E-state index is 8.67. The van der Waals surface area contributed by atoms with E-state index in [0.29, 0.717) is 21.4 Å². The Balaban J connectivity index is 2.51. The van der Waals surface area contributed by atoms with Gasteiger partial charge in [-0.2, -0.15) is 0 Å². The number of diazo groups is 2. The van der Waals surface area contributed by atoms with Gasteiger partial charge in [-0.1, -0.05) is 23.2 Å². The number of hydrogen-bond donors (Lipinski definition) is 0. The Labute approximate surface area is 113 Å². The molecule has 0 spiro atoms. The first kappa shape index (κ1) is 12.3. The minimum atomic E-state index is 0.300. The molecular weight excluding hydrogens is 271 g/mol. The molecule has 2 rings (SSSR count). The molecule has 0 atom stereocenters. The third-order valence-corrected chi connectivity index (χ3v) is 3.05. The van der Waals surface area contributed by atoms with Gasteiger partial charge in [0.1, 0.15) is 10.0 Å². The van der Waals surface area contributed by atoms with Crippen LogP contribution >= 0.6 is 23.2 Å². The van der Waals surface area contributed by atoms with E-state index in [-0.39, 0.29) is 0 Å². The summed E-state index contributed by atoms with van der Waals surface area (Å²) in [6.45, 7) is 0. The maximum atomic E-state index is 8.67. The van der Waals surface area contributed by atoms with E-state index >= 15 is 0 Å². The third-order valence-electron chi connectivity index (χ3n) is 2.44. The van der Waals surface area contributed by atoms with Crippen molar-refractivity contribution in [1.82, 2.24) is 0 Å². The molecule has 0 N–H and O–H groups in total. The summed E-state index contributed by atoms with van der Waals surface area (Å²) >= 11 is 11.9. The molecule has 0 heterocycles. The summed E-state index contributed by atoms with van der Waals surface area (Å²) in [5.41, 5.74) is 2.24. The first-order valence-corrected chi connectivity index (χ1v) is 5.71. The van der Waals surface area contributed by atoms with Crippen molar-refractivity contribution in [2.24, 2.45) is 0 Å². The Morgan fingerprint density at radius 2 is 1.11 bits per heavy atom. The van der Waals surface area contributed by atoms with Crippen molar-refractivity contribution in [2.75, 3.05) is 0 Å².